The number of alkyl halides is 1. The molecule has 3 heteroatoms. The van der Waals surface area contributed by atoms with Crippen LogP contribution in [-0.2, 0) is 7.73 Å². The van der Waals surface area contributed by atoms with Gasteiger partial charge in [0.2, 0.25) is 0 Å². The highest BCUT2D eigenvalue weighted by atomic mass is 127. The number of hydrogen-bond acceptors (Lipinski definition) is 1. The molecule has 1 atom stereocenters. The van der Waals surface area contributed by atoms with Gasteiger partial charge in [0.1, 0.15) is 11.0 Å². The maximum Gasteiger partial charge on any atom is 0.127 e. The Morgan fingerprint density at radius 1 is 0.613 bits per heavy atom. The molecule has 0 amide bonds. The number of benzene rings is 3. The average molecular weight is 538 g/mol. The first-order valence-corrected chi connectivity index (χ1v) is 12.9. The van der Waals surface area contributed by atoms with Crippen molar-refractivity contribution in [2.75, 3.05) is 0 Å². The molecule has 1 nitrogen and oxygen atoms in total. The molecule has 158 valence electrons. The zero-order valence-electron chi connectivity index (χ0n) is 18.2. The monoisotopic (exact) mass is 538 g/mol. The molecule has 31 heavy (non-hydrogen) atoms. The second-order valence-corrected chi connectivity index (χ2v) is 12.0. The summed E-state index contributed by atoms with van der Waals surface area (Å²) in [5, 5.41) is 0.891. The first kappa shape index (κ1) is 23.5. The van der Waals surface area contributed by atoms with Gasteiger partial charge in [-0.1, -0.05) is 132 Å². The standard InChI is InChI=1S/C28H28IOP/c1-4-7-22-10-16-25(17-11-22)28(29,26-18-12-23(8-5-2)13-19-26)31(30)27-20-14-24(9-6-3)15-21-27/h4-21,31H,1-3H3. The van der Waals surface area contributed by atoms with Crippen LogP contribution in [-0.4, -0.2) is 0 Å². The fourth-order valence-electron chi connectivity index (χ4n) is 3.60. The van der Waals surface area contributed by atoms with Crippen LogP contribution in [0.25, 0.3) is 18.2 Å². The lowest BCUT2D eigenvalue weighted by atomic mass is 10.0. The number of allylic oxidation sites excluding steroid dienone is 3. The SMILES string of the molecule is CC=Cc1ccc([PH](=O)C(I)(c2ccc(C=CC)cc2)c2ccc(C=CC)cc2)cc1. The van der Waals surface area contributed by atoms with Gasteiger partial charge in [-0.3, -0.25) is 0 Å². The maximum atomic E-state index is 14.1. The summed E-state index contributed by atoms with van der Waals surface area (Å²) in [6, 6.07) is 24.9. The molecule has 0 aromatic heterocycles. The first-order valence-electron chi connectivity index (χ1n) is 10.5. The number of halogens is 1. The molecule has 0 aliphatic carbocycles. The quantitative estimate of drug-likeness (QED) is 0.168. The van der Waals surface area contributed by atoms with Gasteiger partial charge in [0.15, 0.2) is 0 Å². The molecule has 0 fully saturated rings. The summed E-state index contributed by atoms with van der Waals surface area (Å²) >= 11 is 2.41. The fourth-order valence-corrected chi connectivity index (χ4v) is 6.98. The Morgan fingerprint density at radius 3 is 1.26 bits per heavy atom. The van der Waals surface area contributed by atoms with E-state index in [2.05, 4.69) is 89.3 Å². The molecule has 0 aliphatic rings. The van der Waals surface area contributed by atoms with Crippen molar-refractivity contribution in [1.82, 2.24) is 0 Å². The minimum Gasteiger partial charge on any atom is -0.320 e. The van der Waals surface area contributed by atoms with Gasteiger partial charge in [0.25, 0.3) is 0 Å². The molecule has 0 saturated heterocycles. The van der Waals surface area contributed by atoms with E-state index < -0.39 is 11.0 Å². The minimum absolute atomic E-state index is 0.631. The van der Waals surface area contributed by atoms with Crippen LogP contribution in [0.5, 0.6) is 0 Å². The minimum atomic E-state index is -2.21. The Balaban J connectivity index is 2.11. The van der Waals surface area contributed by atoms with E-state index >= 15 is 0 Å². The summed E-state index contributed by atoms with van der Waals surface area (Å²) < 4.78 is 13.5. The predicted octanol–water partition coefficient (Wildman–Crippen LogP) is 8.31. The van der Waals surface area contributed by atoms with E-state index in [4.69, 9.17) is 0 Å². The van der Waals surface area contributed by atoms with Crippen molar-refractivity contribution >= 4 is 53.9 Å². The van der Waals surface area contributed by atoms with Crippen LogP contribution in [0.4, 0.5) is 0 Å². The van der Waals surface area contributed by atoms with E-state index in [0.29, 0.717) is 0 Å². The van der Waals surface area contributed by atoms with Crippen molar-refractivity contribution < 1.29 is 4.57 Å². The van der Waals surface area contributed by atoms with E-state index in [1.807, 2.05) is 63.3 Å². The Morgan fingerprint density at radius 2 is 0.935 bits per heavy atom. The van der Waals surface area contributed by atoms with Gasteiger partial charge in [-0.2, -0.15) is 0 Å². The van der Waals surface area contributed by atoms with E-state index in [1.54, 1.807) is 0 Å². The highest BCUT2D eigenvalue weighted by Crippen LogP contribution is 2.56. The van der Waals surface area contributed by atoms with E-state index in [9.17, 15) is 4.57 Å². The Bertz CT molecular complexity index is 1050. The van der Waals surface area contributed by atoms with Crippen molar-refractivity contribution in [3.8, 4) is 0 Å². The average Bonchev–Trinajstić information content (AvgIpc) is 2.80. The molecule has 0 aliphatic heterocycles. The Kier molecular flexibility index (Phi) is 8.28. The normalized spacial score (nSPS) is 15.0. The smallest absolute Gasteiger partial charge is 0.127 e. The second kappa shape index (κ2) is 10.9. The van der Waals surface area contributed by atoms with Gasteiger partial charge in [0, 0.05) is 5.30 Å². The van der Waals surface area contributed by atoms with E-state index in [0.717, 1.165) is 33.1 Å². The zero-order chi connectivity index (χ0) is 22.3. The molecule has 0 bridgehead atoms. The van der Waals surface area contributed by atoms with Gasteiger partial charge in [-0.25, -0.2) is 0 Å². The van der Waals surface area contributed by atoms with Gasteiger partial charge >= 0.3 is 0 Å². The summed E-state index contributed by atoms with van der Waals surface area (Å²) in [5.41, 5.74) is 5.52. The van der Waals surface area contributed by atoms with Gasteiger partial charge in [-0.15, -0.1) is 0 Å². The van der Waals surface area contributed by atoms with Gasteiger partial charge in [0.05, 0.1) is 0 Å². The summed E-state index contributed by atoms with van der Waals surface area (Å²) in [6.07, 6.45) is 12.3. The van der Waals surface area contributed by atoms with E-state index in [1.165, 1.54) is 0 Å². The largest absolute Gasteiger partial charge is 0.320 e. The summed E-state index contributed by atoms with van der Waals surface area (Å²) in [7, 11) is -2.21. The highest BCUT2D eigenvalue weighted by molar-refractivity contribution is 14.1. The molecule has 3 rings (SSSR count). The van der Waals surface area contributed by atoms with Gasteiger partial charge < -0.3 is 4.57 Å². The number of rotatable bonds is 7. The van der Waals surface area contributed by atoms with Crippen molar-refractivity contribution in [1.29, 1.82) is 0 Å². The molecule has 3 aromatic carbocycles. The molecule has 0 heterocycles. The third-order valence-corrected chi connectivity index (χ3v) is 9.96. The third-order valence-electron chi connectivity index (χ3n) is 5.18. The lowest BCUT2D eigenvalue weighted by Crippen LogP contribution is -2.19. The van der Waals surface area contributed by atoms with Crippen LogP contribution >= 0.6 is 30.4 Å². The fraction of sp³-hybridized carbons (Fsp3) is 0.143. The lowest BCUT2D eigenvalue weighted by molar-refractivity contribution is 0.588. The summed E-state index contributed by atoms with van der Waals surface area (Å²) in [5.74, 6) is 0. The van der Waals surface area contributed by atoms with Crippen LogP contribution in [0.1, 0.15) is 48.6 Å². The molecule has 1 unspecified atom stereocenters. The first-order chi connectivity index (χ1) is 15.0. The van der Waals surface area contributed by atoms with Crippen molar-refractivity contribution in [2.45, 2.75) is 23.9 Å². The molecule has 3 aromatic rings. The zero-order valence-corrected chi connectivity index (χ0v) is 21.3. The maximum absolute atomic E-state index is 14.1. The second-order valence-electron chi connectivity index (χ2n) is 7.35. The van der Waals surface area contributed by atoms with Crippen LogP contribution in [0, 0.1) is 0 Å². The van der Waals surface area contributed by atoms with Crippen LogP contribution in [0.15, 0.2) is 91.0 Å². The number of hydrogen-bond donors (Lipinski definition) is 0. The highest BCUT2D eigenvalue weighted by Gasteiger charge is 2.38. The molecule has 0 spiro atoms. The lowest BCUT2D eigenvalue weighted by Gasteiger charge is -2.29. The van der Waals surface area contributed by atoms with Crippen molar-refractivity contribution in [2.24, 2.45) is 0 Å². The molecular formula is C28H28IOP. The van der Waals surface area contributed by atoms with Gasteiger partial charge in [-0.05, 0) is 48.6 Å². The third kappa shape index (κ3) is 5.37. The summed E-state index contributed by atoms with van der Waals surface area (Å²) in [4.78, 5) is 0. The molecule has 0 saturated carbocycles. The van der Waals surface area contributed by atoms with Crippen molar-refractivity contribution in [3.05, 3.63) is 119 Å². The van der Waals surface area contributed by atoms with Crippen LogP contribution in [0.2, 0.25) is 0 Å². The Labute approximate surface area is 200 Å². The van der Waals surface area contributed by atoms with E-state index in [-0.39, 0.29) is 0 Å². The van der Waals surface area contributed by atoms with Crippen LogP contribution in [0.3, 0.4) is 0 Å². The van der Waals surface area contributed by atoms with Crippen LogP contribution < -0.4 is 5.30 Å². The predicted molar refractivity (Wildman–Crippen MR) is 147 cm³/mol. The molecule has 0 N–H and O–H groups in total. The summed E-state index contributed by atoms with van der Waals surface area (Å²) in [6.45, 7) is 6.03. The van der Waals surface area contributed by atoms with Crippen molar-refractivity contribution in [3.63, 3.8) is 0 Å². The topological polar surface area (TPSA) is 17.1 Å². The molecule has 0 radical (unpaired) electrons. The Hall–Kier alpha value is -2.16. The molecular weight excluding hydrogens is 510 g/mol.